The Morgan fingerprint density at radius 3 is 2.67 bits per heavy atom. The molecule has 0 saturated carbocycles. The van der Waals surface area contributed by atoms with E-state index in [4.69, 9.17) is 13.9 Å². The van der Waals surface area contributed by atoms with Gasteiger partial charge in [-0.15, -0.1) is 11.3 Å². The standard InChI is InChI=1S/C23H29N5O6S2/c1-23(2,3)34-22(29)28-14-11-15(28)13-27(12-14)21-26-18-17(36(30,31)25-7-9-32-4)6-5-16(19(18)33-21)20-24-8-10-35-20/h5-6,8,10,14-15,25H,7,9,11-13H2,1-4H3. The number of rotatable bonds is 7. The molecule has 2 aromatic heterocycles. The summed E-state index contributed by atoms with van der Waals surface area (Å²) < 4.78 is 45.4. The highest BCUT2D eigenvalue weighted by molar-refractivity contribution is 7.89. The third-order valence-corrected chi connectivity index (χ3v) is 8.41. The number of nitrogens with one attached hydrogen (secondary N) is 1. The van der Waals surface area contributed by atoms with Gasteiger partial charge in [0, 0.05) is 38.3 Å². The van der Waals surface area contributed by atoms with Crippen molar-refractivity contribution in [2.24, 2.45) is 0 Å². The molecule has 2 bridgehead atoms. The maximum absolute atomic E-state index is 13.1. The van der Waals surface area contributed by atoms with Gasteiger partial charge in [0.2, 0.25) is 10.0 Å². The first-order chi connectivity index (χ1) is 17.1. The summed E-state index contributed by atoms with van der Waals surface area (Å²) in [5, 5.41) is 2.55. The van der Waals surface area contributed by atoms with Crippen LogP contribution in [0.5, 0.6) is 0 Å². The first kappa shape index (κ1) is 24.9. The third-order valence-electron chi connectivity index (χ3n) is 6.11. The van der Waals surface area contributed by atoms with Crippen molar-refractivity contribution in [1.29, 1.82) is 0 Å². The van der Waals surface area contributed by atoms with E-state index in [2.05, 4.69) is 14.7 Å². The molecular formula is C23H29N5O6S2. The second-order valence-electron chi connectivity index (χ2n) is 9.85. The summed E-state index contributed by atoms with van der Waals surface area (Å²) in [7, 11) is -2.35. The van der Waals surface area contributed by atoms with Crippen LogP contribution in [0.25, 0.3) is 21.7 Å². The molecule has 0 spiro atoms. The number of piperidine rings is 1. The lowest BCUT2D eigenvalue weighted by Crippen LogP contribution is -2.70. The van der Waals surface area contributed by atoms with Crippen molar-refractivity contribution in [2.45, 2.75) is 49.8 Å². The minimum absolute atomic E-state index is 0.0223. The fraction of sp³-hybridized carbons (Fsp3) is 0.522. The van der Waals surface area contributed by atoms with E-state index in [-0.39, 0.29) is 41.7 Å². The van der Waals surface area contributed by atoms with Gasteiger partial charge in [-0.05, 0) is 39.3 Å². The number of methoxy groups -OCH3 is 1. The smallest absolute Gasteiger partial charge is 0.410 e. The maximum atomic E-state index is 13.1. The fourth-order valence-electron chi connectivity index (χ4n) is 4.58. The number of hydrogen-bond donors (Lipinski definition) is 1. The Morgan fingerprint density at radius 2 is 2.03 bits per heavy atom. The lowest BCUT2D eigenvalue weighted by Gasteiger charge is -2.55. The summed E-state index contributed by atoms with van der Waals surface area (Å²) in [6, 6.07) is 3.50. The number of thiazole rings is 1. The second-order valence-corrected chi connectivity index (χ2v) is 12.5. The lowest BCUT2D eigenvalue weighted by atomic mass is 9.88. The van der Waals surface area contributed by atoms with E-state index in [1.54, 1.807) is 17.2 Å². The average Bonchev–Trinajstić information content (AvgIpc) is 3.47. The number of sulfonamides is 1. The number of fused-ring (bicyclic) bond motifs is 3. The topological polar surface area (TPSA) is 127 Å². The zero-order valence-electron chi connectivity index (χ0n) is 20.6. The average molecular weight is 536 g/mol. The fourth-order valence-corrected chi connectivity index (χ4v) is 6.39. The molecule has 194 valence electrons. The van der Waals surface area contributed by atoms with E-state index in [1.807, 2.05) is 31.1 Å². The number of oxazole rings is 1. The molecule has 36 heavy (non-hydrogen) atoms. The SMILES string of the molecule is COCCNS(=O)(=O)c1ccc(-c2nccs2)c2oc(N3CC4CC(C3)N4C(=O)OC(C)(C)C)nc12. The first-order valence-electron chi connectivity index (χ1n) is 11.7. The van der Waals surface area contributed by atoms with Crippen LogP contribution in [0.2, 0.25) is 0 Å². The van der Waals surface area contributed by atoms with Crippen molar-refractivity contribution in [3.05, 3.63) is 23.7 Å². The molecule has 11 nitrogen and oxygen atoms in total. The molecule has 0 radical (unpaired) electrons. The van der Waals surface area contributed by atoms with Gasteiger partial charge in [-0.25, -0.2) is 22.9 Å². The number of carbonyl (C=O) groups excluding carboxylic acids is 1. The highest BCUT2D eigenvalue weighted by atomic mass is 32.2. The Labute approximate surface area is 213 Å². The van der Waals surface area contributed by atoms with Crippen LogP contribution in [0.1, 0.15) is 27.2 Å². The first-order valence-corrected chi connectivity index (χ1v) is 14.0. The van der Waals surface area contributed by atoms with Crippen molar-refractivity contribution in [3.63, 3.8) is 0 Å². The van der Waals surface area contributed by atoms with Crippen LogP contribution >= 0.6 is 11.3 Å². The Bertz CT molecular complexity index is 1350. The van der Waals surface area contributed by atoms with Crippen molar-refractivity contribution in [3.8, 4) is 10.6 Å². The quantitative estimate of drug-likeness (QED) is 0.454. The lowest BCUT2D eigenvalue weighted by molar-refractivity contribution is -0.0386. The van der Waals surface area contributed by atoms with Gasteiger partial charge in [-0.2, -0.15) is 4.98 Å². The molecule has 3 aliphatic heterocycles. The molecule has 1 amide bonds. The van der Waals surface area contributed by atoms with Crippen LogP contribution in [-0.2, 0) is 19.5 Å². The highest BCUT2D eigenvalue weighted by Gasteiger charge is 2.49. The van der Waals surface area contributed by atoms with E-state index >= 15 is 0 Å². The number of ether oxygens (including phenoxy) is 2. The van der Waals surface area contributed by atoms with Crippen LogP contribution in [0, 0.1) is 0 Å². The number of amides is 1. The minimum Gasteiger partial charge on any atom is -0.444 e. The molecule has 13 heteroatoms. The number of hydrogen-bond acceptors (Lipinski definition) is 10. The van der Waals surface area contributed by atoms with Gasteiger partial charge in [0.25, 0.3) is 6.01 Å². The number of aromatic nitrogens is 2. The maximum Gasteiger partial charge on any atom is 0.410 e. The summed E-state index contributed by atoms with van der Waals surface area (Å²) in [6.07, 6.45) is 2.25. The largest absolute Gasteiger partial charge is 0.444 e. The van der Waals surface area contributed by atoms with Gasteiger partial charge in [0.15, 0.2) is 5.58 Å². The zero-order valence-corrected chi connectivity index (χ0v) is 22.2. The van der Waals surface area contributed by atoms with Gasteiger partial charge in [-0.1, -0.05) is 0 Å². The van der Waals surface area contributed by atoms with E-state index < -0.39 is 15.6 Å². The summed E-state index contributed by atoms with van der Waals surface area (Å²) in [6.45, 7) is 6.96. The van der Waals surface area contributed by atoms with Crippen molar-refractivity contribution < 1.29 is 27.1 Å². The molecule has 2 unspecified atom stereocenters. The van der Waals surface area contributed by atoms with E-state index in [1.165, 1.54) is 24.5 Å². The van der Waals surface area contributed by atoms with Crippen LogP contribution in [0.15, 0.2) is 33.0 Å². The van der Waals surface area contributed by atoms with Crippen LogP contribution < -0.4 is 9.62 Å². The summed E-state index contributed by atoms with van der Waals surface area (Å²) in [5.74, 6) is 0. The van der Waals surface area contributed by atoms with Gasteiger partial charge in [-0.3, -0.25) is 4.90 Å². The monoisotopic (exact) mass is 535 g/mol. The van der Waals surface area contributed by atoms with Gasteiger partial charge in [0.1, 0.15) is 21.0 Å². The van der Waals surface area contributed by atoms with E-state index in [0.717, 1.165) is 6.42 Å². The minimum atomic E-state index is -3.86. The summed E-state index contributed by atoms with van der Waals surface area (Å²) in [4.78, 5) is 25.4. The van der Waals surface area contributed by atoms with Crippen molar-refractivity contribution in [2.75, 3.05) is 38.3 Å². The third kappa shape index (κ3) is 4.67. The number of anilines is 1. The number of piperazine rings is 1. The molecule has 5 heterocycles. The predicted octanol–water partition coefficient (Wildman–Crippen LogP) is 3.07. The van der Waals surface area contributed by atoms with Gasteiger partial charge < -0.3 is 18.8 Å². The Kier molecular flexibility index (Phi) is 6.43. The van der Waals surface area contributed by atoms with Crippen molar-refractivity contribution >= 4 is 44.6 Å². The Morgan fingerprint density at radius 1 is 1.28 bits per heavy atom. The molecule has 3 aliphatic rings. The Balaban J connectivity index is 1.46. The number of benzene rings is 1. The van der Waals surface area contributed by atoms with Crippen LogP contribution in [0.4, 0.5) is 10.8 Å². The molecule has 6 rings (SSSR count). The molecule has 3 saturated heterocycles. The van der Waals surface area contributed by atoms with E-state index in [0.29, 0.717) is 35.3 Å². The molecule has 1 N–H and O–H groups in total. The summed E-state index contributed by atoms with van der Waals surface area (Å²) >= 11 is 1.43. The van der Waals surface area contributed by atoms with E-state index in [9.17, 15) is 13.2 Å². The molecule has 1 aromatic carbocycles. The molecule has 3 aromatic rings. The Hall–Kier alpha value is -2.74. The summed E-state index contributed by atoms with van der Waals surface area (Å²) in [5.41, 5.74) is 0.711. The number of carbonyl (C=O) groups is 1. The molecule has 0 aliphatic carbocycles. The van der Waals surface area contributed by atoms with Crippen molar-refractivity contribution in [1.82, 2.24) is 19.6 Å². The zero-order chi connectivity index (χ0) is 25.7. The highest BCUT2D eigenvalue weighted by Crippen LogP contribution is 2.39. The second kappa shape index (κ2) is 9.29. The molecular weight excluding hydrogens is 506 g/mol. The van der Waals surface area contributed by atoms with Crippen LogP contribution in [0.3, 0.4) is 0 Å². The molecule has 3 fully saturated rings. The normalized spacial score (nSPS) is 20.0. The van der Waals surface area contributed by atoms with Crippen LogP contribution in [-0.4, -0.2) is 80.4 Å². The van der Waals surface area contributed by atoms with Gasteiger partial charge in [0.05, 0.1) is 24.3 Å². The van der Waals surface area contributed by atoms with Gasteiger partial charge >= 0.3 is 6.09 Å². The molecule has 2 atom stereocenters. The predicted molar refractivity (Wildman–Crippen MR) is 135 cm³/mol. The number of nitrogens with zero attached hydrogens (tertiary/aromatic N) is 4.